The molecule has 3 heterocycles. The van der Waals surface area contributed by atoms with E-state index in [1.165, 1.54) is 9.80 Å². The Morgan fingerprint density at radius 2 is 1.38 bits per heavy atom. The first-order chi connectivity index (χ1) is 26.1. The predicted molar refractivity (Wildman–Crippen MR) is 202 cm³/mol. The smallest absolute Gasteiger partial charge is 0.326 e. The number of hydrogen-bond donors (Lipinski definition) is 9. The fourth-order valence-corrected chi connectivity index (χ4v) is 7.31. The van der Waals surface area contributed by atoms with E-state index in [9.17, 15) is 43.8 Å². The summed E-state index contributed by atoms with van der Waals surface area (Å²) in [6.07, 6.45) is 4.28. The first-order valence-corrected chi connectivity index (χ1v) is 19.5. The Hall–Kier alpha value is -4.52. The normalized spacial score (nSPS) is 22.3. The predicted octanol–water partition coefficient (Wildman–Crippen LogP) is -2.12. The highest BCUT2D eigenvalue weighted by molar-refractivity contribution is 5.97. The highest BCUT2D eigenvalue weighted by Crippen LogP contribution is 2.23. The number of aliphatic imine (C=N–C) groups is 1. The minimum absolute atomic E-state index is 0.0383. The second-order valence-corrected chi connectivity index (χ2v) is 15.2. The van der Waals surface area contributed by atoms with Crippen molar-refractivity contribution in [3.05, 3.63) is 0 Å². The lowest BCUT2D eigenvalue weighted by Crippen LogP contribution is -2.61. The lowest BCUT2D eigenvalue weighted by Gasteiger charge is -2.32. The number of likely N-dealkylation sites (tertiary alicyclic amines) is 2. The van der Waals surface area contributed by atoms with Crippen molar-refractivity contribution in [1.82, 2.24) is 36.4 Å². The molecule has 0 aromatic carbocycles. The summed E-state index contributed by atoms with van der Waals surface area (Å²) in [6.45, 7) is 8.00. The Labute approximate surface area is 322 Å². The van der Waals surface area contributed by atoms with Crippen LogP contribution in [0.4, 0.5) is 0 Å². The third kappa shape index (κ3) is 12.8. The van der Waals surface area contributed by atoms with Gasteiger partial charge >= 0.3 is 5.97 Å². The van der Waals surface area contributed by atoms with Crippen molar-refractivity contribution in [2.75, 3.05) is 32.8 Å². The Balaban J connectivity index is 1.68. The number of aliphatic hydroxyl groups is 1. The van der Waals surface area contributed by atoms with E-state index < -0.39 is 78.4 Å². The maximum absolute atomic E-state index is 13.9. The molecule has 0 aliphatic carbocycles. The summed E-state index contributed by atoms with van der Waals surface area (Å²) in [4.78, 5) is 99.7. The number of guanidine groups is 1. The maximum Gasteiger partial charge on any atom is 0.326 e. The van der Waals surface area contributed by atoms with E-state index in [0.717, 1.165) is 13.0 Å². The van der Waals surface area contributed by atoms with Gasteiger partial charge in [0.05, 0.1) is 12.6 Å². The van der Waals surface area contributed by atoms with Gasteiger partial charge in [-0.2, -0.15) is 0 Å². The molecule has 19 nitrogen and oxygen atoms in total. The third-order valence-corrected chi connectivity index (χ3v) is 10.5. The van der Waals surface area contributed by atoms with Gasteiger partial charge in [-0.1, -0.05) is 34.1 Å². The minimum atomic E-state index is -1.46. The third-order valence-electron chi connectivity index (χ3n) is 10.5. The highest BCUT2D eigenvalue weighted by atomic mass is 16.4. The molecular weight excluding hydrogens is 716 g/mol. The summed E-state index contributed by atoms with van der Waals surface area (Å²) in [5.74, 6) is -5.05. The zero-order valence-electron chi connectivity index (χ0n) is 32.6. The van der Waals surface area contributed by atoms with Gasteiger partial charge in [-0.3, -0.25) is 33.8 Å². The molecule has 6 amide bonds. The summed E-state index contributed by atoms with van der Waals surface area (Å²) in [5, 5.41) is 33.8. The Bertz CT molecular complexity index is 1400. The van der Waals surface area contributed by atoms with Crippen LogP contribution in [0.5, 0.6) is 0 Å². The minimum Gasteiger partial charge on any atom is -0.480 e. The number of amides is 6. The molecule has 0 radical (unpaired) electrons. The number of carbonyl (C=O) groups excluding carboxylic acids is 6. The number of nitrogens with zero attached hydrogens (tertiary/aromatic N) is 3. The maximum atomic E-state index is 13.9. The number of nitrogens with two attached hydrogens (primary N) is 2. The molecule has 0 spiro atoms. The van der Waals surface area contributed by atoms with Gasteiger partial charge in [-0.05, 0) is 76.2 Å². The number of hydrogen-bond acceptors (Lipinski definition) is 10. The average Bonchev–Trinajstić information content (AvgIpc) is 3.95. The molecule has 55 heavy (non-hydrogen) atoms. The van der Waals surface area contributed by atoms with Gasteiger partial charge in [-0.25, -0.2) is 4.79 Å². The highest BCUT2D eigenvalue weighted by Gasteiger charge is 2.42. The summed E-state index contributed by atoms with van der Waals surface area (Å²) in [7, 11) is 0. The molecule has 8 atom stereocenters. The topological polar surface area (TPSA) is 291 Å². The second-order valence-electron chi connectivity index (χ2n) is 15.2. The number of nitrogens with one attached hydrogen (secondary N) is 5. The van der Waals surface area contributed by atoms with Crippen LogP contribution in [0.25, 0.3) is 0 Å². The molecule has 0 bridgehead atoms. The van der Waals surface area contributed by atoms with Crippen LogP contribution < -0.4 is 38.1 Å². The van der Waals surface area contributed by atoms with Gasteiger partial charge in [0.15, 0.2) is 5.96 Å². The molecular formula is C36H62N10O9. The average molecular weight is 779 g/mol. The van der Waals surface area contributed by atoms with Gasteiger partial charge in [-0.15, -0.1) is 0 Å². The molecule has 11 N–H and O–H groups in total. The Morgan fingerprint density at radius 1 is 0.800 bits per heavy atom. The van der Waals surface area contributed by atoms with Crippen molar-refractivity contribution in [1.29, 1.82) is 0 Å². The van der Waals surface area contributed by atoms with E-state index in [1.807, 2.05) is 20.8 Å². The van der Waals surface area contributed by atoms with Crippen LogP contribution >= 0.6 is 0 Å². The van der Waals surface area contributed by atoms with E-state index >= 15 is 0 Å². The van der Waals surface area contributed by atoms with Crippen molar-refractivity contribution in [2.24, 2.45) is 28.3 Å². The van der Waals surface area contributed by atoms with Crippen molar-refractivity contribution < 1.29 is 43.8 Å². The number of aliphatic hydroxyl groups excluding tert-OH is 1. The summed E-state index contributed by atoms with van der Waals surface area (Å²) in [5.41, 5.74) is 10.6. The van der Waals surface area contributed by atoms with Gasteiger partial charge in [0.1, 0.15) is 36.3 Å². The second kappa shape index (κ2) is 21.5. The zero-order valence-corrected chi connectivity index (χ0v) is 32.6. The molecule has 0 saturated carbocycles. The summed E-state index contributed by atoms with van der Waals surface area (Å²) < 4.78 is 0. The van der Waals surface area contributed by atoms with Crippen LogP contribution in [0.2, 0.25) is 0 Å². The number of aliphatic carboxylic acids is 1. The van der Waals surface area contributed by atoms with Crippen LogP contribution in [0.15, 0.2) is 4.99 Å². The summed E-state index contributed by atoms with van der Waals surface area (Å²) in [6, 6.07) is -6.97. The number of rotatable bonds is 20. The van der Waals surface area contributed by atoms with Crippen LogP contribution in [0.3, 0.4) is 0 Å². The van der Waals surface area contributed by atoms with Crippen LogP contribution in [0.1, 0.15) is 91.9 Å². The number of carbonyl (C=O) groups is 7. The molecule has 3 aliphatic heterocycles. The SMILES string of the molecule is CC[C@H](C)[C@H](NC(=O)[C@@H]1CCCN1C(=O)[C@H](CC(C)C)NC(=O)[C@@H]1CCCN1)C(=O)N[C@@H](CO)C(=O)N1CCC[C@H]1C(=O)N[C@@H](CCCN=C(N)N)C(=O)O. The van der Waals surface area contributed by atoms with Crippen molar-refractivity contribution in [3.8, 4) is 0 Å². The van der Waals surface area contributed by atoms with E-state index in [0.29, 0.717) is 45.1 Å². The van der Waals surface area contributed by atoms with Gasteiger partial charge in [0, 0.05) is 19.6 Å². The molecule has 0 aromatic rings. The van der Waals surface area contributed by atoms with Crippen molar-refractivity contribution >= 4 is 47.4 Å². The van der Waals surface area contributed by atoms with E-state index in [4.69, 9.17) is 11.5 Å². The first-order valence-electron chi connectivity index (χ1n) is 19.5. The standard InChI is InChI=1S/C36H62N10O9/c1-5-21(4)28(44-31(50)27-13-9-16-45(27)33(52)24(18-20(2)3)42-29(48)22-10-6-14-39-22)32(51)43-25(19-47)34(53)46-17-8-12-26(46)30(49)41-23(35(54)55)11-7-15-40-36(37)38/h20-28,39,47H,5-19H2,1-4H3,(H,41,49)(H,42,48)(H,43,51)(H,44,50)(H,54,55)(H4,37,38,40)/t21-,22-,23-,24-,25-,26-,27-,28-/m0/s1. The molecule has 3 rings (SSSR count). The largest absolute Gasteiger partial charge is 0.480 e. The van der Waals surface area contributed by atoms with E-state index in [1.54, 1.807) is 6.92 Å². The molecule has 19 heteroatoms. The van der Waals surface area contributed by atoms with E-state index in [-0.39, 0.29) is 62.1 Å². The molecule has 0 unspecified atom stereocenters. The van der Waals surface area contributed by atoms with Crippen LogP contribution in [-0.4, -0.2) is 142 Å². The number of carboxylic acid groups (broad SMARTS) is 1. The van der Waals surface area contributed by atoms with Gasteiger partial charge < -0.3 is 58.1 Å². The number of carboxylic acids is 1. The molecule has 3 fully saturated rings. The molecule has 3 aliphatic rings. The van der Waals surface area contributed by atoms with E-state index in [2.05, 4.69) is 31.6 Å². The first kappa shape index (κ1) is 44.9. The van der Waals surface area contributed by atoms with Crippen LogP contribution in [-0.2, 0) is 33.6 Å². The molecule has 310 valence electrons. The van der Waals surface area contributed by atoms with Crippen molar-refractivity contribution in [2.45, 2.75) is 134 Å². The quantitative estimate of drug-likeness (QED) is 0.0365. The fourth-order valence-electron chi connectivity index (χ4n) is 7.31. The summed E-state index contributed by atoms with van der Waals surface area (Å²) >= 11 is 0. The lowest BCUT2D eigenvalue weighted by atomic mass is 9.97. The Kier molecular flexibility index (Phi) is 17.6. The Morgan fingerprint density at radius 3 is 1.89 bits per heavy atom. The lowest BCUT2D eigenvalue weighted by molar-refractivity contribution is -0.145. The van der Waals surface area contributed by atoms with Crippen LogP contribution in [0, 0.1) is 11.8 Å². The fraction of sp³-hybridized carbons (Fsp3) is 0.778. The molecule has 3 saturated heterocycles. The zero-order chi connectivity index (χ0) is 40.8. The van der Waals surface area contributed by atoms with Gasteiger partial charge in [0.2, 0.25) is 35.4 Å². The van der Waals surface area contributed by atoms with Crippen molar-refractivity contribution in [3.63, 3.8) is 0 Å². The molecule has 0 aromatic heterocycles. The monoisotopic (exact) mass is 778 g/mol. The van der Waals surface area contributed by atoms with Gasteiger partial charge in [0.25, 0.3) is 0 Å².